The van der Waals surface area contributed by atoms with Crippen LogP contribution in [0.5, 0.6) is 0 Å². The molecule has 1 aliphatic carbocycles. The van der Waals surface area contributed by atoms with E-state index in [9.17, 15) is 4.79 Å². The van der Waals surface area contributed by atoms with E-state index >= 15 is 0 Å². The Kier molecular flexibility index (Phi) is 5.51. The second-order valence-corrected chi connectivity index (χ2v) is 7.07. The minimum atomic E-state index is 0.0445. The van der Waals surface area contributed by atoms with Gasteiger partial charge in [0.1, 0.15) is 0 Å². The van der Waals surface area contributed by atoms with Gasteiger partial charge in [0.05, 0.1) is 17.4 Å². The fourth-order valence-corrected chi connectivity index (χ4v) is 3.82. The smallest absolute Gasteiger partial charge is 0.220 e. The van der Waals surface area contributed by atoms with Gasteiger partial charge in [0.15, 0.2) is 0 Å². The molecule has 0 aliphatic heterocycles. The van der Waals surface area contributed by atoms with E-state index in [0.29, 0.717) is 19.5 Å². The van der Waals surface area contributed by atoms with Gasteiger partial charge < -0.3 is 15.6 Å². The van der Waals surface area contributed by atoms with E-state index in [1.807, 2.05) is 24.5 Å². The molecule has 0 radical (unpaired) electrons. The number of nitrogens with two attached hydrogens (primary N) is 1. The van der Waals surface area contributed by atoms with Crippen molar-refractivity contribution >= 4 is 16.9 Å². The number of aryl methyl sites for hydroxylation is 1. The molecular formula is C19H28N4O. The molecule has 0 unspecified atom stereocenters. The Balaban J connectivity index is 1.43. The molecule has 1 saturated carbocycles. The van der Waals surface area contributed by atoms with Crippen LogP contribution in [0.2, 0.25) is 0 Å². The molecule has 24 heavy (non-hydrogen) atoms. The molecule has 1 heterocycles. The maximum Gasteiger partial charge on any atom is 0.220 e. The lowest BCUT2D eigenvalue weighted by molar-refractivity contribution is -0.123. The highest BCUT2D eigenvalue weighted by Crippen LogP contribution is 2.38. The number of hydrogen-bond donors (Lipinski definition) is 2. The van der Waals surface area contributed by atoms with Crippen molar-refractivity contribution in [2.75, 3.05) is 13.1 Å². The molecule has 0 spiro atoms. The van der Waals surface area contributed by atoms with Crippen LogP contribution in [0, 0.1) is 5.41 Å². The molecule has 3 N–H and O–H groups in total. The van der Waals surface area contributed by atoms with Gasteiger partial charge in [0.25, 0.3) is 0 Å². The van der Waals surface area contributed by atoms with Crippen molar-refractivity contribution in [3.8, 4) is 0 Å². The third-order valence-corrected chi connectivity index (χ3v) is 5.31. The summed E-state index contributed by atoms with van der Waals surface area (Å²) in [7, 11) is 0. The number of imidazole rings is 1. The van der Waals surface area contributed by atoms with Crippen LogP contribution in [0.3, 0.4) is 0 Å². The van der Waals surface area contributed by atoms with Gasteiger partial charge in [-0.2, -0.15) is 0 Å². The van der Waals surface area contributed by atoms with Crippen LogP contribution < -0.4 is 11.1 Å². The average Bonchev–Trinajstić information content (AvgIpc) is 3.03. The predicted octanol–water partition coefficient (Wildman–Crippen LogP) is 2.84. The second kappa shape index (κ2) is 7.79. The molecule has 130 valence electrons. The predicted molar refractivity (Wildman–Crippen MR) is 96.5 cm³/mol. The molecule has 0 saturated heterocycles. The van der Waals surface area contributed by atoms with Gasteiger partial charge in [-0.05, 0) is 43.4 Å². The largest absolute Gasteiger partial charge is 0.356 e. The fraction of sp³-hybridized carbons (Fsp3) is 0.579. The fourth-order valence-electron chi connectivity index (χ4n) is 3.82. The van der Waals surface area contributed by atoms with E-state index in [-0.39, 0.29) is 11.3 Å². The van der Waals surface area contributed by atoms with Crippen molar-refractivity contribution in [2.45, 2.75) is 51.5 Å². The molecular weight excluding hydrogens is 300 g/mol. The highest BCUT2D eigenvalue weighted by Gasteiger charge is 2.32. The number of carbonyl (C=O) groups is 1. The number of carbonyl (C=O) groups excluding carboxylic acids is 1. The standard InChI is InChI=1S/C19H28N4O/c20-14-19(9-4-1-5-10-19)13-18(24)21-11-6-12-23-15-22-16-7-2-3-8-17(16)23/h2-3,7-8,15H,1,4-6,9-14,20H2,(H,21,24). The first-order chi connectivity index (χ1) is 11.7. The van der Waals surface area contributed by atoms with Gasteiger partial charge in [0.2, 0.25) is 5.91 Å². The highest BCUT2D eigenvalue weighted by molar-refractivity contribution is 5.76. The second-order valence-electron chi connectivity index (χ2n) is 7.07. The summed E-state index contributed by atoms with van der Waals surface area (Å²) >= 11 is 0. The Hall–Kier alpha value is -1.88. The van der Waals surface area contributed by atoms with Crippen LogP contribution in [0.1, 0.15) is 44.9 Å². The van der Waals surface area contributed by atoms with Crippen LogP contribution in [-0.4, -0.2) is 28.5 Å². The summed E-state index contributed by atoms with van der Waals surface area (Å²) in [5, 5.41) is 3.07. The molecule has 0 atom stereocenters. The lowest BCUT2D eigenvalue weighted by Crippen LogP contribution is -2.38. The molecule has 3 rings (SSSR count). The van der Waals surface area contributed by atoms with E-state index in [1.165, 1.54) is 19.3 Å². The van der Waals surface area contributed by atoms with Gasteiger partial charge in [-0.15, -0.1) is 0 Å². The van der Waals surface area contributed by atoms with Gasteiger partial charge in [-0.3, -0.25) is 4.79 Å². The van der Waals surface area contributed by atoms with Crippen molar-refractivity contribution in [3.63, 3.8) is 0 Å². The summed E-state index contributed by atoms with van der Waals surface area (Å²) in [5.74, 6) is 0.151. The molecule has 1 aromatic carbocycles. The van der Waals surface area contributed by atoms with E-state index < -0.39 is 0 Å². The number of amides is 1. The van der Waals surface area contributed by atoms with Crippen LogP contribution in [-0.2, 0) is 11.3 Å². The Morgan fingerprint density at radius 3 is 2.83 bits per heavy atom. The maximum absolute atomic E-state index is 12.3. The highest BCUT2D eigenvalue weighted by atomic mass is 16.1. The van der Waals surface area contributed by atoms with Crippen LogP contribution >= 0.6 is 0 Å². The number of para-hydroxylation sites is 2. The molecule has 2 aromatic rings. The minimum Gasteiger partial charge on any atom is -0.356 e. The van der Waals surface area contributed by atoms with Crippen LogP contribution in [0.4, 0.5) is 0 Å². The molecule has 0 bridgehead atoms. The topological polar surface area (TPSA) is 72.9 Å². The van der Waals surface area contributed by atoms with Crippen molar-refractivity contribution < 1.29 is 4.79 Å². The van der Waals surface area contributed by atoms with E-state index in [1.54, 1.807) is 0 Å². The molecule has 5 nitrogen and oxygen atoms in total. The number of nitrogens with zero attached hydrogens (tertiary/aromatic N) is 2. The molecule has 1 aliphatic rings. The van der Waals surface area contributed by atoms with E-state index in [4.69, 9.17) is 5.73 Å². The van der Waals surface area contributed by atoms with E-state index in [2.05, 4.69) is 20.9 Å². The first-order valence-corrected chi connectivity index (χ1v) is 9.09. The molecule has 1 fully saturated rings. The van der Waals surface area contributed by atoms with Gasteiger partial charge in [0, 0.05) is 19.5 Å². The summed E-state index contributed by atoms with van der Waals surface area (Å²) in [4.78, 5) is 16.7. The first-order valence-electron chi connectivity index (χ1n) is 9.09. The Morgan fingerprint density at radius 1 is 1.25 bits per heavy atom. The quantitative estimate of drug-likeness (QED) is 0.768. The number of rotatable bonds is 7. The van der Waals surface area contributed by atoms with Gasteiger partial charge in [-0.1, -0.05) is 31.4 Å². The zero-order valence-corrected chi connectivity index (χ0v) is 14.3. The summed E-state index contributed by atoms with van der Waals surface area (Å²) in [6, 6.07) is 8.12. The third kappa shape index (κ3) is 3.96. The lowest BCUT2D eigenvalue weighted by atomic mass is 9.71. The number of aromatic nitrogens is 2. The first kappa shape index (κ1) is 17.0. The summed E-state index contributed by atoms with van der Waals surface area (Å²) in [5.41, 5.74) is 8.18. The normalized spacial score (nSPS) is 17.0. The van der Waals surface area contributed by atoms with Crippen molar-refractivity contribution in [1.29, 1.82) is 0 Å². The van der Waals surface area contributed by atoms with E-state index in [0.717, 1.165) is 36.8 Å². The van der Waals surface area contributed by atoms with Crippen molar-refractivity contribution in [2.24, 2.45) is 11.1 Å². The molecule has 1 aromatic heterocycles. The number of benzene rings is 1. The monoisotopic (exact) mass is 328 g/mol. The zero-order valence-electron chi connectivity index (χ0n) is 14.3. The molecule has 5 heteroatoms. The van der Waals surface area contributed by atoms with Gasteiger partial charge in [-0.25, -0.2) is 4.98 Å². The Labute approximate surface area is 143 Å². The van der Waals surface area contributed by atoms with Crippen LogP contribution in [0.25, 0.3) is 11.0 Å². The van der Waals surface area contributed by atoms with Crippen molar-refractivity contribution in [3.05, 3.63) is 30.6 Å². The lowest BCUT2D eigenvalue weighted by Gasteiger charge is -2.35. The zero-order chi connectivity index (χ0) is 16.8. The summed E-state index contributed by atoms with van der Waals surface area (Å²) in [6.07, 6.45) is 9.24. The maximum atomic E-state index is 12.3. The number of fused-ring (bicyclic) bond motifs is 1. The minimum absolute atomic E-state index is 0.0445. The van der Waals surface area contributed by atoms with Crippen molar-refractivity contribution in [1.82, 2.24) is 14.9 Å². The number of nitrogens with one attached hydrogen (secondary N) is 1. The Morgan fingerprint density at radius 2 is 2.04 bits per heavy atom. The van der Waals surface area contributed by atoms with Crippen LogP contribution in [0.15, 0.2) is 30.6 Å². The summed E-state index contributed by atoms with van der Waals surface area (Å²) < 4.78 is 2.14. The average molecular weight is 328 g/mol. The Bertz CT molecular complexity index is 673. The molecule has 1 amide bonds. The van der Waals surface area contributed by atoms with Gasteiger partial charge >= 0.3 is 0 Å². The SMILES string of the molecule is NCC1(CC(=O)NCCCn2cnc3ccccc32)CCCCC1. The third-order valence-electron chi connectivity index (χ3n) is 5.31. The summed E-state index contributed by atoms with van der Waals surface area (Å²) in [6.45, 7) is 2.19. The number of hydrogen-bond acceptors (Lipinski definition) is 3.